The van der Waals surface area contributed by atoms with Gasteiger partial charge in [-0.2, -0.15) is 5.26 Å². The van der Waals surface area contributed by atoms with E-state index in [1.807, 2.05) is 6.07 Å². The van der Waals surface area contributed by atoms with Gasteiger partial charge in [0.2, 0.25) is 5.88 Å². The van der Waals surface area contributed by atoms with E-state index in [0.29, 0.717) is 11.1 Å². The van der Waals surface area contributed by atoms with Crippen LogP contribution in [0, 0.1) is 18.3 Å². The molecule has 0 aliphatic heterocycles. The van der Waals surface area contributed by atoms with Crippen molar-refractivity contribution < 1.29 is 17.9 Å². The molecule has 0 bridgehead atoms. The Bertz CT molecular complexity index is 395. The lowest BCUT2D eigenvalue weighted by molar-refractivity contribution is -0.276. The van der Waals surface area contributed by atoms with E-state index in [1.54, 1.807) is 6.92 Å². The highest BCUT2D eigenvalue weighted by Crippen LogP contribution is 2.22. The summed E-state index contributed by atoms with van der Waals surface area (Å²) in [6.07, 6.45) is -3.48. The van der Waals surface area contributed by atoms with E-state index >= 15 is 0 Å². The maximum Gasteiger partial charge on any atom is 0.574 e. The molecule has 15 heavy (non-hydrogen) atoms. The summed E-state index contributed by atoms with van der Waals surface area (Å²) in [5, 5.41) is 8.43. The van der Waals surface area contributed by atoms with Gasteiger partial charge in [-0.05, 0) is 18.1 Å². The first-order chi connectivity index (χ1) is 6.92. The second kappa shape index (κ2) is 4.17. The first kappa shape index (κ1) is 11.3. The molecule has 3 nitrogen and oxygen atoms in total. The van der Waals surface area contributed by atoms with E-state index in [0.717, 1.165) is 6.07 Å². The average Bonchev–Trinajstić information content (AvgIpc) is 2.09. The Hall–Kier alpha value is -1.77. The second-order valence-electron chi connectivity index (χ2n) is 2.83. The summed E-state index contributed by atoms with van der Waals surface area (Å²) in [5.74, 6) is -0.543. The third-order valence-corrected chi connectivity index (χ3v) is 1.68. The van der Waals surface area contributed by atoms with Crippen molar-refractivity contribution >= 4 is 0 Å². The number of ether oxygens (including phenoxy) is 1. The molecule has 0 saturated heterocycles. The van der Waals surface area contributed by atoms with Crippen LogP contribution in [0.3, 0.4) is 0 Å². The molecule has 1 aromatic heterocycles. The molecule has 6 heteroatoms. The molecule has 0 aliphatic carbocycles. The van der Waals surface area contributed by atoms with Crippen LogP contribution in [0.15, 0.2) is 12.3 Å². The molecule has 80 valence electrons. The Kier molecular flexibility index (Phi) is 3.14. The van der Waals surface area contributed by atoms with Gasteiger partial charge < -0.3 is 4.74 Å². The maximum atomic E-state index is 11.8. The van der Waals surface area contributed by atoms with Crippen molar-refractivity contribution in [2.24, 2.45) is 0 Å². The van der Waals surface area contributed by atoms with E-state index in [-0.39, 0.29) is 6.42 Å². The van der Waals surface area contributed by atoms with Gasteiger partial charge in [-0.25, -0.2) is 4.98 Å². The molecular formula is C9H7F3N2O. The summed E-state index contributed by atoms with van der Waals surface area (Å²) >= 11 is 0. The van der Waals surface area contributed by atoms with Crippen LogP contribution in [0.1, 0.15) is 11.1 Å². The van der Waals surface area contributed by atoms with Gasteiger partial charge in [0.15, 0.2) is 0 Å². The number of nitrogens with zero attached hydrogens (tertiary/aromatic N) is 2. The van der Waals surface area contributed by atoms with Crippen molar-refractivity contribution in [3.8, 4) is 11.9 Å². The minimum Gasteiger partial charge on any atom is -0.388 e. The third-order valence-electron chi connectivity index (χ3n) is 1.68. The summed E-state index contributed by atoms with van der Waals surface area (Å²) in [6, 6.07) is 2.97. The van der Waals surface area contributed by atoms with Crippen LogP contribution in [0.25, 0.3) is 0 Å². The molecule has 0 unspecified atom stereocenters. The number of aromatic nitrogens is 1. The number of hydrogen-bond acceptors (Lipinski definition) is 3. The highest BCUT2D eigenvalue weighted by molar-refractivity contribution is 5.30. The number of halogens is 3. The predicted octanol–water partition coefficient (Wildman–Crippen LogP) is 2.35. The SMILES string of the molecule is Cc1cnc(OC(F)(F)F)cc1CC#N. The van der Waals surface area contributed by atoms with Gasteiger partial charge in [0.1, 0.15) is 0 Å². The lowest BCUT2D eigenvalue weighted by Crippen LogP contribution is -2.18. The molecule has 0 N–H and O–H groups in total. The van der Waals surface area contributed by atoms with Crippen LogP contribution in [0.4, 0.5) is 13.2 Å². The molecular weight excluding hydrogens is 209 g/mol. The summed E-state index contributed by atoms with van der Waals surface area (Å²) < 4.78 is 39.1. The molecule has 1 heterocycles. The van der Waals surface area contributed by atoms with Crippen molar-refractivity contribution in [2.75, 3.05) is 0 Å². The Morgan fingerprint density at radius 1 is 1.53 bits per heavy atom. The van der Waals surface area contributed by atoms with Crippen LogP contribution < -0.4 is 4.74 Å². The first-order valence-electron chi connectivity index (χ1n) is 4.00. The largest absolute Gasteiger partial charge is 0.574 e. The third kappa shape index (κ3) is 3.46. The van der Waals surface area contributed by atoms with Crippen LogP contribution in [0.5, 0.6) is 5.88 Å². The van der Waals surface area contributed by atoms with Gasteiger partial charge in [-0.3, -0.25) is 0 Å². The van der Waals surface area contributed by atoms with Crippen molar-refractivity contribution in [2.45, 2.75) is 19.7 Å². The Morgan fingerprint density at radius 3 is 2.73 bits per heavy atom. The van der Waals surface area contributed by atoms with Gasteiger partial charge in [-0.1, -0.05) is 0 Å². The second-order valence-corrected chi connectivity index (χ2v) is 2.83. The van der Waals surface area contributed by atoms with Crippen molar-refractivity contribution in [3.05, 3.63) is 23.4 Å². The predicted molar refractivity (Wildman–Crippen MR) is 45.0 cm³/mol. The summed E-state index contributed by atoms with van der Waals surface area (Å²) in [4.78, 5) is 3.45. The molecule has 1 rings (SSSR count). The number of rotatable bonds is 2. The van der Waals surface area contributed by atoms with Crippen molar-refractivity contribution in [1.82, 2.24) is 4.98 Å². The standard InChI is InChI=1S/C9H7F3N2O/c1-6-5-14-8(15-9(10,11)12)4-7(6)2-3-13/h4-5H,2H2,1H3. The van der Waals surface area contributed by atoms with E-state index in [9.17, 15) is 13.2 Å². The number of nitriles is 1. The molecule has 0 fully saturated rings. The average molecular weight is 216 g/mol. The highest BCUT2D eigenvalue weighted by atomic mass is 19.4. The summed E-state index contributed by atoms with van der Waals surface area (Å²) in [5.41, 5.74) is 1.14. The van der Waals surface area contributed by atoms with Crippen LogP contribution in [-0.2, 0) is 6.42 Å². The molecule has 0 aliphatic rings. The van der Waals surface area contributed by atoms with Gasteiger partial charge in [0.25, 0.3) is 0 Å². The normalized spacial score (nSPS) is 10.9. The first-order valence-corrected chi connectivity index (χ1v) is 4.00. The molecule has 0 saturated carbocycles. The van der Waals surface area contributed by atoms with E-state index in [2.05, 4.69) is 9.72 Å². The Labute approximate surface area is 84.1 Å². The van der Waals surface area contributed by atoms with Crippen LogP contribution in [0.2, 0.25) is 0 Å². The number of aryl methyl sites for hydroxylation is 1. The Balaban J connectivity index is 2.93. The number of alkyl halides is 3. The van der Waals surface area contributed by atoms with Gasteiger partial charge in [0, 0.05) is 12.3 Å². The Morgan fingerprint density at radius 2 is 2.20 bits per heavy atom. The zero-order chi connectivity index (χ0) is 11.5. The molecule has 0 spiro atoms. The topological polar surface area (TPSA) is 45.9 Å². The zero-order valence-corrected chi connectivity index (χ0v) is 7.80. The number of pyridine rings is 1. The summed E-state index contributed by atoms with van der Waals surface area (Å²) in [6.45, 7) is 1.66. The van der Waals surface area contributed by atoms with Crippen LogP contribution in [-0.4, -0.2) is 11.3 Å². The smallest absolute Gasteiger partial charge is 0.388 e. The highest BCUT2D eigenvalue weighted by Gasteiger charge is 2.31. The van der Waals surface area contributed by atoms with Crippen LogP contribution >= 0.6 is 0 Å². The lowest BCUT2D eigenvalue weighted by atomic mass is 10.1. The molecule has 0 amide bonds. The fraction of sp³-hybridized carbons (Fsp3) is 0.333. The maximum absolute atomic E-state index is 11.8. The molecule has 0 radical (unpaired) electrons. The van der Waals surface area contributed by atoms with E-state index in [4.69, 9.17) is 5.26 Å². The molecule has 1 aromatic rings. The van der Waals surface area contributed by atoms with Gasteiger partial charge in [0.05, 0.1) is 12.5 Å². The monoisotopic (exact) mass is 216 g/mol. The summed E-state index contributed by atoms with van der Waals surface area (Å²) in [7, 11) is 0. The zero-order valence-electron chi connectivity index (χ0n) is 7.80. The minimum atomic E-state index is -4.76. The van der Waals surface area contributed by atoms with Crippen molar-refractivity contribution in [3.63, 3.8) is 0 Å². The molecule has 0 aromatic carbocycles. The van der Waals surface area contributed by atoms with Gasteiger partial charge in [-0.15, -0.1) is 13.2 Å². The fourth-order valence-electron chi connectivity index (χ4n) is 0.994. The van der Waals surface area contributed by atoms with E-state index < -0.39 is 12.2 Å². The van der Waals surface area contributed by atoms with E-state index in [1.165, 1.54) is 6.20 Å². The van der Waals surface area contributed by atoms with Gasteiger partial charge >= 0.3 is 6.36 Å². The van der Waals surface area contributed by atoms with Crippen molar-refractivity contribution in [1.29, 1.82) is 5.26 Å². The lowest BCUT2D eigenvalue weighted by Gasteiger charge is -2.09. The fourth-order valence-corrected chi connectivity index (χ4v) is 0.994. The quantitative estimate of drug-likeness (QED) is 0.762. The minimum absolute atomic E-state index is 0.0303. The number of hydrogen-bond donors (Lipinski definition) is 0. The molecule has 0 atom stereocenters.